The largest absolute Gasteiger partial charge is 0.497 e. The van der Waals surface area contributed by atoms with Crippen molar-refractivity contribution in [2.45, 2.75) is 33.4 Å². The Labute approximate surface area is 172 Å². The van der Waals surface area contributed by atoms with Crippen LogP contribution in [-0.4, -0.2) is 48.3 Å². The lowest BCUT2D eigenvalue weighted by atomic mass is 10.0. The number of hydrogen-bond donors (Lipinski definition) is 2. The second-order valence-corrected chi connectivity index (χ2v) is 7.47. The second-order valence-electron chi connectivity index (χ2n) is 7.47. The summed E-state index contributed by atoms with van der Waals surface area (Å²) < 4.78 is 7.20. The molecule has 0 bridgehead atoms. The molecule has 0 fully saturated rings. The number of aliphatic hydroxyl groups excluding tert-OH is 1. The SMILES string of the molecule is CC[NH+](CC)CC(O)Cn1c(C(=O)c2ccc(OC)cc2)c(C)c2ccccc21. The number of aliphatic hydroxyl groups is 1. The van der Waals surface area contributed by atoms with Gasteiger partial charge in [-0.2, -0.15) is 0 Å². The monoisotopic (exact) mass is 395 g/mol. The van der Waals surface area contributed by atoms with Gasteiger partial charge in [0.15, 0.2) is 0 Å². The Bertz CT molecular complexity index is 972. The number of methoxy groups -OCH3 is 1. The van der Waals surface area contributed by atoms with Gasteiger partial charge in [0, 0.05) is 16.5 Å². The maximum absolute atomic E-state index is 13.4. The summed E-state index contributed by atoms with van der Waals surface area (Å²) in [5.74, 6) is 0.681. The molecule has 0 spiro atoms. The van der Waals surface area contributed by atoms with Crippen molar-refractivity contribution >= 4 is 16.7 Å². The van der Waals surface area contributed by atoms with E-state index in [1.165, 1.54) is 4.90 Å². The number of fused-ring (bicyclic) bond motifs is 1. The number of likely N-dealkylation sites (N-methyl/N-ethyl adjacent to an activating group) is 1. The molecule has 0 saturated carbocycles. The van der Waals surface area contributed by atoms with Crippen LogP contribution < -0.4 is 9.64 Å². The molecular formula is C24H31N2O3+. The molecule has 1 atom stereocenters. The first-order valence-corrected chi connectivity index (χ1v) is 10.3. The van der Waals surface area contributed by atoms with Gasteiger partial charge >= 0.3 is 0 Å². The Balaban J connectivity index is 2.02. The van der Waals surface area contributed by atoms with Crippen molar-refractivity contribution in [1.29, 1.82) is 0 Å². The van der Waals surface area contributed by atoms with Crippen LogP contribution in [0, 0.1) is 6.92 Å². The van der Waals surface area contributed by atoms with E-state index in [0.717, 1.165) is 35.3 Å². The Morgan fingerprint density at radius 2 is 1.76 bits per heavy atom. The van der Waals surface area contributed by atoms with Crippen molar-refractivity contribution in [3.63, 3.8) is 0 Å². The van der Waals surface area contributed by atoms with E-state index in [1.54, 1.807) is 31.4 Å². The molecule has 2 N–H and O–H groups in total. The van der Waals surface area contributed by atoms with E-state index in [1.807, 2.05) is 35.8 Å². The van der Waals surface area contributed by atoms with Crippen LogP contribution in [0.1, 0.15) is 35.5 Å². The lowest BCUT2D eigenvalue weighted by Crippen LogP contribution is -3.12. The van der Waals surface area contributed by atoms with Gasteiger partial charge in [0.05, 0.1) is 32.4 Å². The molecular weight excluding hydrogens is 364 g/mol. The van der Waals surface area contributed by atoms with Crippen molar-refractivity contribution in [3.8, 4) is 5.75 Å². The number of para-hydroxylation sites is 1. The number of carbonyl (C=O) groups is 1. The molecule has 1 unspecified atom stereocenters. The highest BCUT2D eigenvalue weighted by molar-refractivity contribution is 6.12. The summed E-state index contributed by atoms with van der Waals surface area (Å²) in [6.07, 6.45) is -0.525. The number of hydrogen-bond acceptors (Lipinski definition) is 3. The Morgan fingerprint density at radius 1 is 1.10 bits per heavy atom. The van der Waals surface area contributed by atoms with Gasteiger partial charge in [-0.3, -0.25) is 4.79 Å². The highest BCUT2D eigenvalue weighted by Gasteiger charge is 2.24. The summed E-state index contributed by atoms with van der Waals surface area (Å²) >= 11 is 0. The average Bonchev–Trinajstić information content (AvgIpc) is 3.03. The first-order valence-electron chi connectivity index (χ1n) is 10.3. The van der Waals surface area contributed by atoms with E-state index < -0.39 is 6.10 Å². The summed E-state index contributed by atoms with van der Waals surface area (Å²) in [4.78, 5) is 14.8. The van der Waals surface area contributed by atoms with E-state index in [2.05, 4.69) is 13.8 Å². The third-order valence-corrected chi connectivity index (χ3v) is 5.71. The van der Waals surface area contributed by atoms with Gasteiger partial charge in [-0.1, -0.05) is 18.2 Å². The van der Waals surface area contributed by atoms with E-state index in [4.69, 9.17) is 4.74 Å². The van der Waals surface area contributed by atoms with Crippen LogP contribution in [0.3, 0.4) is 0 Å². The first-order chi connectivity index (χ1) is 14.0. The summed E-state index contributed by atoms with van der Waals surface area (Å²) in [5, 5.41) is 11.8. The molecule has 0 radical (unpaired) electrons. The number of carbonyl (C=O) groups excluding carboxylic acids is 1. The molecule has 0 saturated heterocycles. The van der Waals surface area contributed by atoms with E-state index >= 15 is 0 Å². The summed E-state index contributed by atoms with van der Waals surface area (Å²) in [6.45, 7) is 9.23. The quantitative estimate of drug-likeness (QED) is 0.548. The van der Waals surface area contributed by atoms with Crippen LogP contribution in [0.25, 0.3) is 10.9 Å². The first kappa shape index (κ1) is 21.1. The number of ether oxygens (including phenoxy) is 1. The minimum atomic E-state index is -0.525. The fourth-order valence-electron chi connectivity index (χ4n) is 3.99. The van der Waals surface area contributed by atoms with Crippen molar-refractivity contribution < 1.29 is 19.5 Å². The van der Waals surface area contributed by atoms with Gasteiger partial charge in [0.2, 0.25) is 5.78 Å². The minimum absolute atomic E-state index is 0.0382. The fourth-order valence-corrected chi connectivity index (χ4v) is 3.99. The molecule has 3 aromatic rings. The lowest BCUT2D eigenvalue weighted by molar-refractivity contribution is -0.899. The molecule has 3 rings (SSSR count). The van der Waals surface area contributed by atoms with Crippen molar-refractivity contribution in [1.82, 2.24) is 4.57 Å². The predicted molar refractivity (Wildman–Crippen MR) is 116 cm³/mol. The zero-order chi connectivity index (χ0) is 21.0. The minimum Gasteiger partial charge on any atom is -0.497 e. The molecule has 29 heavy (non-hydrogen) atoms. The van der Waals surface area contributed by atoms with Crippen molar-refractivity contribution in [2.24, 2.45) is 0 Å². The molecule has 0 aliphatic carbocycles. The third kappa shape index (κ3) is 4.36. The standard InChI is InChI=1S/C24H30N2O3/c1-5-25(6-2)15-19(27)16-26-22-10-8-7-9-21(22)17(3)23(26)24(28)18-11-13-20(29-4)14-12-18/h7-14,19,27H,5-6,15-16H2,1-4H3/p+1. The van der Waals surface area contributed by atoms with Crippen LogP contribution in [0.5, 0.6) is 5.75 Å². The van der Waals surface area contributed by atoms with E-state index in [0.29, 0.717) is 24.3 Å². The molecule has 0 aliphatic heterocycles. The number of nitrogens with zero attached hydrogens (tertiary/aromatic N) is 1. The molecule has 154 valence electrons. The van der Waals surface area contributed by atoms with Gasteiger partial charge < -0.3 is 19.3 Å². The summed E-state index contributed by atoms with van der Waals surface area (Å²) in [6, 6.07) is 15.2. The summed E-state index contributed by atoms with van der Waals surface area (Å²) in [5.41, 5.74) is 3.19. The van der Waals surface area contributed by atoms with Crippen LogP contribution in [0.4, 0.5) is 0 Å². The third-order valence-electron chi connectivity index (χ3n) is 5.71. The molecule has 2 aromatic carbocycles. The average molecular weight is 396 g/mol. The Kier molecular flexibility index (Phi) is 6.72. The van der Waals surface area contributed by atoms with E-state index in [-0.39, 0.29) is 5.78 Å². The maximum atomic E-state index is 13.4. The summed E-state index contributed by atoms with van der Waals surface area (Å²) in [7, 11) is 1.61. The molecule has 5 heteroatoms. The maximum Gasteiger partial charge on any atom is 0.209 e. The van der Waals surface area contributed by atoms with E-state index in [9.17, 15) is 9.90 Å². The molecule has 1 aromatic heterocycles. The Hall–Kier alpha value is -2.63. The number of aryl methyl sites for hydroxylation is 1. The zero-order valence-corrected chi connectivity index (χ0v) is 17.7. The lowest BCUT2D eigenvalue weighted by Gasteiger charge is -2.21. The van der Waals surface area contributed by atoms with Crippen LogP contribution in [0.2, 0.25) is 0 Å². The molecule has 0 amide bonds. The normalized spacial score (nSPS) is 12.5. The van der Waals surface area contributed by atoms with Gasteiger partial charge in [0.25, 0.3) is 0 Å². The smallest absolute Gasteiger partial charge is 0.209 e. The predicted octanol–water partition coefficient (Wildman–Crippen LogP) is 2.47. The number of aromatic nitrogens is 1. The fraction of sp³-hybridized carbons (Fsp3) is 0.375. The van der Waals surface area contributed by atoms with Crippen LogP contribution in [0.15, 0.2) is 48.5 Å². The highest BCUT2D eigenvalue weighted by atomic mass is 16.5. The second kappa shape index (κ2) is 9.25. The van der Waals surface area contributed by atoms with Crippen molar-refractivity contribution in [2.75, 3.05) is 26.7 Å². The zero-order valence-electron chi connectivity index (χ0n) is 17.7. The van der Waals surface area contributed by atoms with Gasteiger partial charge in [0.1, 0.15) is 18.4 Å². The molecule has 1 heterocycles. The van der Waals surface area contributed by atoms with Crippen molar-refractivity contribution in [3.05, 3.63) is 65.4 Å². The molecule has 5 nitrogen and oxygen atoms in total. The number of ketones is 1. The van der Waals surface area contributed by atoms with Crippen LogP contribution >= 0.6 is 0 Å². The van der Waals surface area contributed by atoms with Gasteiger partial charge in [-0.15, -0.1) is 0 Å². The number of nitrogens with one attached hydrogen (secondary N) is 1. The molecule has 0 aliphatic rings. The highest BCUT2D eigenvalue weighted by Crippen LogP contribution is 2.28. The van der Waals surface area contributed by atoms with Gasteiger partial charge in [-0.25, -0.2) is 0 Å². The van der Waals surface area contributed by atoms with Crippen LogP contribution in [-0.2, 0) is 6.54 Å². The topological polar surface area (TPSA) is 55.9 Å². The Morgan fingerprint density at radius 3 is 2.38 bits per heavy atom. The number of benzene rings is 2. The van der Waals surface area contributed by atoms with Gasteiger partial charge in [-0.05, 0) is 56.7 Å². The number of quaternary nitrogens is 1. The number of rotatable bonds is 9.